The van der Waals surface area contributed by atoms with Gasteiger partial charge in [-0.25, -0.2) is 0 Å². The van der Waals surface area contributed by atoms with E-state index in [2.05, 4.69) is 126 Å². The maximum Gasteiger partial charge on any atom is 0.260 e. The lowest BCUT2D eigenvalue weighted by atomic mass is 9.82. The molecule has 6 heterocycles. The molecule has 0 bridgehead atoms. The van der Waals surface area contributed by atoms with Crippen LogP contribution < -0.4 is 9.80 Å². The minimum absolute atomic E-state index is 0.0278. The highest BCUT2D eigenvalue weighted by Gasteiger charge is 2.44. The predicted octanol–water partition coefficient (Wildman–Crippen LogP) is 32.7. The number of hydrogen-bond donors (Lipinski definition) is 0. The van der Waals surface area contributed by atoms with Crippen molar-refractivity contribution in [2.75, 3.05) is 22.9 Å². The van der Waals surface area contributed by atoms with Gasteiger partial charge in [0.1, 0.15) is 0 Å². The van der Waals surface area contributed by atoms with Crippen LogP contribution in [-0.4, -0.2) is 24.9 Å². The number of amides is 2. The van der Waals surface area contributed by atoms with Crippen LogP contribution in [0.3, 0.4) is 0 Å². The summed E-state index contributed by atoms with van der Waals surface area (Å²) < 4.78 is 2.79. The van der Waals surface area contributed by atoms with E-state index < -0.39 is 0 Å². The van der Waals surface area contributed by atoms with Crippen LogP contribution in [-0.2, 0) is 22.4 Å². The Morgan fingerprint density at radius 3 is 1.01 bits per heavy atom. The molecule has 0 saturated carbocycles. The van der Waals surface area contributed by atoms with E-state index in [4.69, 9.17) is 0 Å². The molecule has 0 saturated heterocycles. The monoisotopic (exact) mass is 1480 g/mol. The highest BCUT2D eigenvalue weighted by Crippen LogP contribution is 2.55. The van der Waals surface area contributed by atoms with Crippen molar-refractivity contribution in [2.24, 2.45) is 11.8 Å². The zero-order chi connectivity index (χ0) is 72.8. The van der Waals surface area contributed by atoms with Crippen LogP contribution in [0.2, 0.25) is 0 Å². The molecule has 570 valence electrons. The summed E-state index contributed by atoms with van der Waals surface area (Å²) in [6.45, 7) is 19.8. The zero-order valence-electron chi connectivity index (χ0n) is 67.0. The Morgan fingerprint density at radius 2 is 0.615 bits per heavy atom. The number of carbonyl (C=O) groups excluding carboxylic acids is 2. The van der Waals surface area contributed by atoms with Gasteiger partial charge in [-0.15, -0.1) is 45.3 Å². The molecule has 4 nitrogen and oxygen atoms in total. The Hall–Kier alpha value is -4.34. The van der Waals surface area contributed by atoms with E-state index in [9.17, 15) is 0 Å². The van der Waals surface area contributed by atoms with Crippen LogP contribution in [0.4, 0.5) is 11.4 Å². The summed E-state index contributed by atoms with van der Waals surface area (Å²) in [5, 5.41) is 11.7. The maximum atomic E-state index is 15.5. The van der Waals surface area contributed by atoms with E-state index in [0.717, 1.165) is 59.7 Å². The molecular formula is C96H140N2O2S4. The third-order valence-electron chi connectivity index (χ3n) is 24.0. The van der Waals surface area contributed by atoms with Gasteiger partial charge in [-0.2, -0.15) is 0 Å². The number of rotatable bonds is 55. The maximum absolute atomic E-state index is 15.5. The quantitative estimate of drug-likeness (QED) is 0.0217. The van der Waals surface area contributed by atoms with Crippen molar-refractivity contribution < 1.29 is 9.59 Å². The predicted molar refractivity (Wildman–Crippen MR) is 468 cm³/mol. The summed E-state index contributed by atoms with van der Waals surface area (Å²) in [5.41, 5.74) is 6.47. The van der Waals surface area contributed by atoms with Crippen molar-refractivity contribution in [1.29, 1.82) is 0 Å². The van der Waals surface area contributed by atoms with Crippen molar-refractivity contribution >= 4 is 132 Å². The fraction of sp³-hybridized carbons (Fsp3) is 0.646. The summed E-state index contributed by atoms with van der Waals surface area (Å²) >= 11 is 7.42. The van der Waals surface area contributed by atoms with Crippen molar-refractivity contribution in [3.63, 3.8) is 0 Å². The van der Waals surface area contributed by atoms with Gasteiger partial charge in [0.05, 0.1) is 32.3 Å². The van der Waals surface area contributed by atoms with Gasteiger partial charge in [0.2, 0.25) is 0 Å². The smallest absolute Gasteiger partial charge is 0.260 e. The lowest BCUT2D eigenvalue weighted by Gasteiger charge is -2.22. The molecule has 0 aliphatic carbocycles. The summed E-state index contributed by atoms with van der Waals surface area (Å²) in [5.74, 6) is 1.36. The van der Waals surface area contributed by atoms with Gasteiger partial charge < -0.3 is 9.80 Å². The second-order valence-corrected chi connectivity index (χ2v) is 37.4. The van der Waals surface area contributed by atoms with Crippen LogP contribution in [0.1, 0.15) is 380 Å². The Balaban J connectivity index is 1.08. The number of carbonyl (C=O) groups is 2. The molecule has 2 atom stereocenters. The summed E-state index contributed by atoms with van der Waals surface area (Å²) in [6.07, 6.45) is 65.1. The van der Waals surface area contributed by atoms with Gasteiger partial charge in [0, 0.05) is 52.8 Å². The lowest BCUT2D eigenvalue weighted by molar-refractivity contribution is -0.114. The molecule has 8 heteroatoms. The minimum atomic E-state index is 0.0278. The molecule has 0 radical (unpaired) electrons. The van der Waals surface area contributed by atoms with Crippen LogP contribution in [0.25, 0.3) is 73.4 Å². The number of aryl methyl sites for hydroxylation is 2. The van der Waals surface area contributed by atoms with Crippen molar-refractivity contribution in [1.82, 2.24) is 0 Å². The number of fused-ring (bicyclic) bond motifs is 11. The van der Waals surface area contributed by atoms with E-state index in [0.29, 0.717) is 36.1 Å². The third-order valence-corrected chi connectivity index (χ3v) is 28.5. The number of nitrogens with zero attached hydrogens (tertiary/aromatic N) is 2. The Labute approximate surface area is 649 Å². The second kappa shape index (κ2) is 44.4. The van der Waals surface area contributed by atoms with Crippen molar-refractivity contribution in [3.8, 4) is 9.75 Å². The molecule has 104 heavy (non-hydrogen) atoms. The number of unbranched alkanes of at least 4 members (excludes halogenated alkanes) is 38. The largest absolute Gasteiger partial charge is 0.307 e. The van der Waals surface area contributed by atoms with Crippen molar-refractivity contribution in [3.05, 3.63) is 91.3 Å². The first-order valence-electron chi connectivity index (χ1n) is 44.0. The van der Waals surface area contributed by atoms with Crippen molar-refractivity contribution in [2.45, 2.75) is 376 Å². The van der Waals surface area contributed by atoms with Gasteiger partial charge >= 0.3 is 0 Å². The molecule has 10 rings (SSSR count). The zero-order valence-corrected chi connectivity index (χ0v) is 70.3. The van der Waals surface area contributed by atoms with E-state index in [1.807, 2.05) is 22.7 Å². The molecule has 0 fully saturated rings. The van der Waals surface area contributed by atoms with Gasteiger partial charge in [0.15, 0.2) is 0 Å². The molecule has 4 aromatic heterocycles. The highest BCUT2D eigenvalue weighted by atomic mass is 32.1. The highest BCUT2D eigenvalue weighted by molar-refractivity contribution is 7.27. The van der Waals surface area contributed by atoms with Crippen LogP contribution in [0, 0.1) is 25.7 Å². The molecule has 2 unspecified atom stereocenters. The van der Waals surface area contributed by atoms with E-state index in [1.165, 1.54) is 355 Å². The van der Waals surface area contributed by atoms with Gasteiger partial charge in [-0.3, -0.25) is 9.59 Å². The minimum Gasteiger partial charge on any atom is -0.307 e. The van der Waals surface area contributed by atoms with Crippen LogP contribution in [0.5, 0.6) is 0 Å². The standard InChI is InChI=1S/C96H140N2O2S4/c1-9-15-21-27-33-37-43-49-55-73(53-47-41-31-25-19-13-5)65-75-67-80-78-58-60-86-82(90(78)76(68-79(80)77-57-59-85-81(89(75)77)63-71(7)101-85)66-74(54-48-42-32-26-20-14-6)56-50-44-38-34-28-22-16-10-2)69-87(103-86)88-70-84-94(104-88)92(96(100)98(84)62-52-46-40-36-30-24-18-12-4)91-93-83(64-72(8)102-93)97(95(91)99)61-51-45-39-35-29-23-17-11-3/h57-60,63-64,67-70,73-74H,9-56,61-62,65-66H2,1-8H3/b92-91+. The Bertz CT molecular complexity index is 3940. The first-order chi connectivity index (χ1) is 51.1. The molecule has 2 aliphatic heterocycles. The van der Waals surface area contributed by atoms with Crippen LogP contribution >= 0.6 is 45.3 Å². The van der Waals surface area contributed by atoms with E-state index in [1.54, 1.807) is 33.8 Å². The average molecular weight is 1480 g/mol. The molecule has 0 N–H and O–H groups in total. The first-order valence-corrected chi connectivity index (χ1v) is 47.3. The number of thiophene rings is 4. The number of benzene rings is 4. The molecular weight excluding hydrogens is 1340 g/mol. The molecule has 0 spiro atoms. The van der Waals surface area contributed by atoms with Crippen LogP contribution in [0.15, 0.2) is 60.7 Å². The fourth-order valence-electron chi connectivity index (χ4n) is 18.0. The Morgan fingerprint density at radius 1 is 0.298 bits per heavy atom. The first kappa shape index (κ1) is 82.2. The van der Waals surface area contributed by atoms with E-state index in [-0.39, 0.29) is 11.8 Å². The number of anilines is 2. The van der Waals surface area contributed by atoms with Gasteiger partial charge in [-0.1, -0.05) is 349 Å². The summed E-state index contributed by atoms with van der Waals surface area (Å²) in [6, 6.07) is 25.3. The Kier molecular flexibility index (Phi) is 35.0. The molecule has 8 aromatic rings. The lowest BCUT2D eigenvalue weighted by Crippen LogP contribution is -2.30. The third kappa shape index (κ3) is 22.4. The fourth-order valence-corrected chi connectivity index (χ4v) is 22.4. The normalized spacial score (nSPS) is 14.6. The molecule has 4 aromatic carbocycles. The topological polar surface area (TPSA) is 40.6 Å². The average Bonchev–Trinajstić information content (AvgIpc) is 1.28. The second-order valence-electron chi connectivity index (χ2n) is 32.7. The molecule has 2 amide bonds. The van der Waals surface area contributed by atoms with E-state index >= 15 is 9.59 Å². The summed E-state index contributed by atoms with van der Waals surface area (Å²) in [7, 11) is 0. The molecule has 2 aliphatic rings. The SMILES string of the molecule is CCCCCCCCCCC(CCCCCCCC)Cc1cc2c(cc(CC(CCCCCCCC)CCCCCCCCCC)c3c4cc(-c5cc6c(s5)/C(=C5\C(=O)N(CCCCCCCCCC)c7cc(C)sc75)C(=O)N6CCCCCCCCCC)sc4ccc23)c2ccc3sc(C)cc3c12. The summed E-state index contributed by atoms with van der Waals surface area (Å²) in [4.78, 5) is 42.0. The van der Waals surface area contributed by atoms with Gasteiger partial charge in [0.25, 0.3) is 11.8 Å². The van der Waals surface area contributed by atoms with Gasteiger partial charge in [-0.05, 0) is 143 Å². The number of hydrogen-bond acceptors (Lipinski definition) is 6.